The first-order valence-corrected chi connectivity index (χ1v) is 6.26. The van der Waals surface area contributed by atoms with Crippen LogP contribution in [0, 0.1) is 0 Å². The highest BCUT2D eigenvalue weighted by Gasteiger charge is 2.32. The van der Waals surface area contributed by atoms with Gasteiger partial charge < -0.3 is 15.9 Å². The molecular formula is C12H16BrNO2. The molecule has 0 atom stereocenters. The molecule has 0 unspecified atom stereocenters. The summed E-state index contributed by atoms with van der Waals surface area (Å²) in [6.45, 7) is 0. The van der Waals surface area contributed by atoms with E-state index in [2.05, 4.69) is 15.9 Å². The molecule has 4 N–H and O–H groups in total. The minimum Gasteiger partial charge on any atom is -0.507 e. The molecule has 88 valence electrons. The van der Waals surface area contributed by atoms with Crippen molar-refractivity contribution >= 4 is 15.9 Å². The lowest BCUT2D eigenvalue weighted by molar-refractivity contribution is 0.0969. The topological polar surface area (TPSA) is 66.5 Å². The molecule has 0 heterocycles. The molecule has 0 saturated heterocycles. The fraction of sp³-hybridized carbons (Fsp3) is 0.500. The van der Waals surface area contributed by atoms with Gasteiger partial charge in [0.15, 0.2) is 0 Å². The molecule has 1 aliphatic rings. The van der Waals surface area contributed by atoms with E-state index in [4.69, 9.17) is 5.73 Å². The third kappa shape index (κ3) is 2.24. The Labute approximate surface area is 103 Å². The summed E-state index contributed by atoms with van der Waals surface area (Å²) < 4.78 is 0.668. The van der Waals surface area contributed by atoms with E-state index < -0.39 is 0 Å². The Balaban J connectivity index is 2.25. The maximum Gasteiger partial charge on any atom is 0.129 e. The monoisotopic (exact) mass is 285 g/mol. The van der Waals surface area contributed by atoms with Gasteiger partial charge >= 0.3 is 0 Å². The average molecular weight is 286 g/mol. The molecule has 0 spiro atoms. The fourth-order valence-corrected chi connectivity index (χ4v) is 2.60. The highest BCUT2D eigenvalue weighted by atomic mass is 79.9. The molecule has 16 heavy (non-hydrogen) atoms. The molecule has 1 saturated carbocycles. The summed E-state index contributed by atoms with van der Waals surface area (Å²) >= 11 is 3.29. The van der Waals surface area contributed by atoms with Gasteiger partial charge in [0.1, 0.15) is 5.75 Å². The fourth-order valence-electron chi connectivity index (χ4n) is 2.22. The van der Waals surface area contributed by atoms with Crippen molar-refractivity contribution in [2.45, 2.75) is 37.3 Å². The van der Waals surface area contributed by atoms with Crippen LogP contribution in [0.1, 0.15) is 31.2 Å². The Morgan fingerprint density at radius 3 is 2.50 bits per heavy atom. The van der Waals surface area contributed by atoms with Crippen molar-refractivity contribution < 1.29 is 10.2 Å². The van der Waals surface area contributed by atoms with Crippen molar-refractivity contribution in [1.29, 1.82) is 0 Å². The molecular weight excluding hydrogens is 270 g/mol. The standard InChI is InChI=1S/C12H16BrNO2/c13-10-7-8(1-2-11(10)16)12(14)5-3-9(15)4-6-12/h1-2,7,9,15-16H,3-6,14H2. The van der Waals surface area contributed by atoms with Crippen molar-refractivity contribution in [3.63, 3.8) is 0 Å². The predicted molar refractivity (Wildman–Crippen MR) is 66.1 cm³/mol. The molecule has 2 rings (SSSR count). The van der Waals surface area contributed by atoms with Crippen LogP contribution in [0.25, 0.3) is 0 Å². The smallest absolute Gasteiger partial charge is 0.129 e. The zero-order chi connectivity index (χ0) is 11.8. The number of phenolic OH excluding ortho intramolecular Hbond substituents is 1. The Hall–Kier alpha value is -0.580. The SMILES string of the molecule is NC1(c2ccc(O)c(Br)c2)CCC(O)CC1. The molecule has 1 fully saturated rings. The minimum absolute atomic E-state index is 0.211. The third-order valence-corrected chi connectivity index (χ3v) is 4.01. The van der Waals surface area contributed by atoms with Crippen LogP contribution in [0.3, 0.4) is 0 Å². The van der Waals surface area contributed by atoms with Crippen molar-refractivity contribution in [2.24, 2.45) is 5.73 Å². The number of aliphatic hydroxyl groups excluding tert-OH is 1. The van der Waals surface area contributed by atoms with Crippen LogP contribution in [0.5, 0.6) is 5.75 Å². The van der Waals surface area contributed by atoms with Gasteiger partial charge in [-0.3, -0.25) is 0 Å². The van der Waals surface area contributed by atoms with E-state index in [9.17, 15) is 10.2 Å². The minimum atomic E-state index is -0.366. The summed E-state index contributed by atoms with van der Waals surface area (Å²) in [6, 6.07) is 5.38. The molecule has 1 aliphatic carbocycles. The number of halogens is 1. The second kappa shape index (κ2) is 4.35. The van der Waals surface area contributed by atoms with E-state index in [0.29, 0.717) is 4.47 Å². The second-order valence-corrected chi connectivity index (χ2v) is 5.41. The number of rotatable bonds is 1. The molecule has 0 radical (unpaired) electrons. The van der Waals surface area contributed by atoms with Gasteiger partial charge in [-0.15, -0.1) is 0 Å². The number of aromatic hydroxyl groups is 1. The number of phenols is 1. The summed E-state index contributed by atoms with van der Waals surface area (Å²) in [7, 11) is 0. The zero-order valence-corrected chi connectivity index (χ0v) is 10.6. The number of nitrogens with two attached hydrogens (primary N) is 1. The Morgan fingerprint density at radius 2 is 1.94 bits per heavy atom. The molecule has 4 heteroatoms. The summed E-state index contributed by atoms with van der Waals surface area (Å²) in [5, 5.41) is 18.9. The molecule has 0 amide bonds. The third-order valence-electron chi connectivity index (χ3n) is 3.37. The van der Waals surface area contributed by atoms with Crippen LogP contribution in [0.4, 0.5) is 0 Å². The van der Waals surface area contributed by atoms with Crippen LogP contribution in [-0.4, -0.2) is 16.3 Å². The van der Waals surface area contributed by atoms with E-state index in [-0.39, 0.29) is 17.4 Å². The Morgan fingerprint density at radius 1 is 1.31 bits per heavy atom. The van der Waals surface area contributed by atoms with E-state index in [0.717, 1.165) is 31.2 Å². The van der Waals surface area contributed by atoms with Crippen molar-refractivity contribution in [3.05, 3.63) is 28.2 Å². The van der Waals surface area contributed by atoms with E-state index in [1.165, 1.54) is 0 Å². The average Bonchev–Trinajstić information content (AvgIpc) is 2.26. The van der Waals surface area contributed by atoms with Crippen molar-refractivity contribution in [1.82, 2.24) is 0 Å². The first-order chi connectivity index (χ1) is 7.51. The maximum absolute atomic E-state index is 9.48. The Bertz CT molecular complexity index is 387. The highest BCUT2D eigenvalue weighted by Crippen LogP contribution is 2.37. The second-order valence-electron chi connectivity index (χ2n) is 4.55. The van der Waals surface area contributed by atoms with E-state index in [1.807, 2.05) is 12.1 Å². The first-order valence-electron chi connectivity index (χ1n) is 5.47. The lowest BCUT2D eigenvalue weighted by Gasteiger charge is -2.36. The quantitative estimate of drug-likeness (QED) is 0.741. The van der Waals surface area contributed by atoms with Gasteiger partial charge in [-0.25, -0.2) is 0 Å². The lowest BCUT2D eigenvalue weighted by atomic mass is 9.76. The predicted octanol–water partition coefficient (Wildman–Crippen LogP) is 2.24. The molecule has 0 aromatic heterocycles. The van der Waals surface area contributed by atoms with Crippen LogP contribution in [0.15, 0.2) is 22.7 Å². The molecule has 1 aromatic rings. The van der Waals surface area contributed by atoms with Gasteiger partial charge in [0, 0.05) is 5.54 Å². The van der Waals surface area contributed by atoms with Crippen LogP contribution < -0.4 is 5.73 Å². The number of hydrogen-bond acceptors (Lipinski definition) is 3. The summed E-state index contributed by atoms with van der Waals surface area (Å²) in [5.41, 5.74) is 7.00. The highest BCUT2D eigenvalue weighted by molar-refractivity contribution is 9.10. The largest absolute Gasteiger partial charge is 0.507 e. The summed E-state index contributed by atoms with van der Waals surface area (Å²) in [4.78, 5) is 0. The van der Waals surface area contributed by atoms with Crippen LogP contribution >= 0.6 is 15.9 Å². The number of aliphatic hydroxyl groups is 1. The van der Waals surface area contributed by atoms with Crippen LogP contribution in [-0.2, 0) is 5.54 Å². The lowest BCUT2D eigenvalue weighted by Crippen LogP contribution is -2.41. The van der Waals surface area contributed by atoms with E-state index >= 15 is 0 Å². The number of hydrogen-bond donors (Lipinski definition) is 3. The first kappa shape index (κ1) is 11.9. The van der Waals surface area contributed by atoms with Crippen molar-refractivity contribution in [3.8, 4) is 5.75 Å². The van der Waals surface area contributed by atoms with Gasteiger partial charge in [0.25, 0.3) is 0 Å². The number of benzene rings is 1. The van der Waals surface area contributed by atoms with Crippen LogP contribution in [0.2, 0.25) is 0 Å². The maximum atomic E-state index is 9.48. The molecule has 0 bridgehead atoms. The summed E-state index contributed by atoms with van der Waals surface area (Å²) in [5.74, 6) is 0.225. The summed E-state index contributed by atoms with van der Waals surface area (Å²) in [6.07, 6.45) is 2.85. The van der Waals surface area contributed by atoms with Gasteiger partial charge in [0.05, 0.1) is 10.6 Å². The van der Waals surface area contributed by atoms with Gasteiger partial charge in [-0.2, -0.15) is 0 Å². The van der Waals surface area contributed by atoms with Gasteiger partial charge in [-0.05, 0) is 59.3 Å². The molecule has 3 nitrogen and oxygen atoms in total. The molecule has 1 aromatic carbocycles. The van der Waals surface area contributed by atoms with Crippen molar-refractivity contribution in [2.75, 3.05) is 0 Å². The van der Waals surface area contributed by atoms with Gasteiger partial charge in [-0.1, -0.05) is 6.07 Å². The normalized spacial score (nSPS) is 30.3. The van der Waals surface area contributed by atoms with Gasteiger partial charge in [0.2, 0.25) is 0 Å². The zero-order valence-electron chi connectivity index (χ0n) is 8.99. The van der Waals surface area contributed by atoms with E-state index in [1.54, 1.807) is 6.07 Å². The Kier molecular flexibility index (Phi) is 3.24. The molecule has 0 aliphatic heterocycles.